The van der Waals surface area contributed by atoms with Gasteiger partial charge in [0.25, 0.3) is 0 Å². The first-order valence-electron chi connectivity index (χ1n) is 3.44. The van der Waals surface area contributed by atoms with Crippen LogP contribution in [0.25, 0.3) is 0 Å². The van der Waals surface area contributed by atoms with Crippen LogP contribution in [0.3, 0.4) is 0 Å². The molecule has 2 atom stereocenters. The Balaban J connectivity index is 3.34. The van der Waals surface area contributed by atoms with Gasteiger partial charge in [-0.2, -0.15) is 0 Å². The van der Waals surface area contributed by atoms with Crippen molar-refractivity contribution in [3.63, 3.8) is 0 Å². The number of hydrogen-bond donors (Lipinski definition) is 0. The minimum atomic E-state index is -1.33. The topological polar surface area (TPSA) is 0 Å². The molecular weight excluding hydrogens is 141 g/mol. The molecule has 0 fully saturated rings. The highest BCUT2D eigenvalue weighted by Crippen LogP contribution is 2.12. The maximum atomic E-state index is 12.4. The third-order valence-corrected chi connectivity index (χ3v) is 1.16. The first-order chi connectivity index (χ1) is 4.52. The number of alkyl halides is 3. The molecule has 2 unspecified atom stereocenters. The summed E-state index contributed by atoms with van der Waals surface area (Å²) in [4.78, 5) is 0. The number of rotatable bonds is 4. The van der Waals surface area contributed by atoms with Crippen LogP contribution < -0.4 is 0 Å². The van der Waals surface area contributed by atoms with Gasteiger partial charge in [-0.1, -0.05) is 0 Å². The SMILES string of the molecule is CC(F)CC(F)CC(C)F. The van der Waals surface area contributed by atoms with Crippen LogP contribution in [-0.2, 0) is 0 Å². The predicted octanol–water partition coefficient (Wildman–Crippen LogP) is 2.82. The Labute approximate surface area is 59.4 Å². The monoisotopic (exact) mass is 154 g/mol. The molecule has 0 aromatic rings. The molecule has 0 radical (unpaired) electrons. The van der Waals surface area contributed by atoms with E-state index in [1.165, 1.54) is 13.8 Å². The van der Waals surface area contributed by atoms with E-state index >= 15 is 0 Å². The second kappa shape index (κ2) is 4.58. The average molecular weight is 154 g/mol. The zero-order valence-corrected chi connectivity index (χ0v) is 6.28. The van der Waals surface area contributed by atoms with Crippen molar-refractivity contribution >= 4 is 0 Å². The van der Waals surface area contributed by atoms with Crippen LogP contribution in [0.2, 0.25) is 0 Å². The summed E-state index contributed by atoms with van der Waals surface area (Å²) < 4.78 is 36.5. The van der Waals surface area contributed by atoms with Crippen molar-refractivity contribution in [3.05, 3.63) is 0 Å². The molecule has 0 saturated carbocycles. The molecule has 0 amide bonds. The van der Waals surface area contributed by atoms with Gasteiger partial charge >= 0.3 is 0 Å². The molecule has 0 saturated heterocycles. The Morgan fingerprint density at radius 3 is 1.40 bits per heavy atom. The average Bonchev–Trinajstić information content (AvgIpc) is 1.58. The van der Waals surface area contributed by atoms with Crippen LogP contribution >= 0.6 is 0 Å². The Morgan fingerprint density at radius 2 is 1.20 bits per heavy atom. The summed E-state index contributed by atoms with van der Waals surface area (Å²) in [5.41, 5.74) is 0. The Bertz CT molecular complexity index is 70.9. The summed E-state index contributed by atoms with van der Waals surface area (Å²) in [5, 5.41) is 0. The fraction of sp³-hybridized carbons (Fsp3) is 1.00. The molecule has 0 bridgehead atoms. The molecule has 62 valence electrons. The van der Waals surface area contributed by atoms with Crippen LogP contribution in [0.5, 0.6) is 0 Å². The van der Waals surface area contributed by atoms with Gasteiger partial charge in [0, 0.05) is 12.8 Å². The Hall–Kier alpha value is -0.210. The highest BCUT2D eigenvalue weighted by Gasteiger charge is 2.13. The van der Waals surface area contributed by atoms with Crippen molar-refractivity contribution in [2.45, 2.75) is 45.2 Å². The van der Waals surface area contributed by atoms with Gasteiger partial charge in [-0.25, -0.2) is 13.2 Å². The molecule has 0 aromatic carbocycles. The van der Waals surface area contributed by atoms with E-state index in [9.17, 15) is 13.2 Å². The molecule has 10 heavy (non-hydrogen) atoms. The van der Waals surface area contributed by atoms with Gasteiger partial charge in [0.1, 0.15) is 18.5 Å². The van der Waals surface area contributed by atoms with Crippen LogP contribution in [0, 0.1) is 0 Å². The van der Waals surface area contributed by atoms with Gasteiger partial charge in [-0.15, -0.1) is 0 Å². The highest BCUT2D eigenvalue weighted by atomic mass is 19.2. The smallest absolute Gasteiger partial charge is 0.106 e. The van der Waals surface area contributed by atoms with Crippen LogP contribution in [0.15, 0.2) is 0 Å². The minimum Gasteiger partial charge on any atom is -0.248 e. The normalized spacial score (nSPS) is 20.1. The van der Waals surface area contributed by atoms with Gasteiger partial charge in [0.2, 0.25) is 0 Å². The second-order valence-electron chi connectivity index (χ2n) is 2.63. The van der Waals surface area contributed by atoms with Crippen LogP contribution in [-0.4, -0.2) is 18.5 Å². The van der Waals surface area contributed by atoms with Crippen molar-refractivity contribution in [1.29, 1.82) is 0 Å². The Kier molecular flexibility index (Phi) is 4.49. The molecule has 0 nitrogen and oxygen atoms in total. The molecule has 0 aliphatic rings. The molecule has 3 heteroatoms. The zero-order chi connectivity index (χ0) is 8.15. The first kappa shape index (κ1) is 9.79. The fourth-order valence-corrected chi connectivity index (χ4v) is 0.801. The minimum absolute atomic E-state index is 0.186. The number of halogens is 3. The van der Waals surface area contributed by atoms with Crippen molar-refractivity contribution in [1.82, 2.24) is 0 Å². The van der Waals surface area contributed by atoms with E-state index < -0.39 is 18.5 Å². The van der Waals surface area contributed by atoms with Crippen LogP contribution in [0.1, 0.15) is 26.7 Å². The molecule has 0 aromatic heterocycles. The summed E-state index contributed by atoms with van der Waals surface area (Å²) in [6.45, 7) is 2.55. The quantitative estimate of drug-likeness (QED) is 0.584. The summed E-state index contributed by atoms with van der Waals surface area (Å²) in [6.07, 6.45) is -4.05. The van der Waals surface area contributed by atoms with E-state index in [2.05, 4.69) is 0 Å². The Morgan fingerprint density at radius 1 is 0.900 bits per heavy atom. The van der Waals surface area contributed by atoms with Crippen molar-refractivity contribution in [2.24, 2.45) is 0 Å². The third kappa shape index (κ3) is 5.92. The lowest BCUT2D eigenvalue weighted by atomic mass is 10.1. The van der Waals surface area contributed by atoms with E-state index in [0.29, 0.717) is 0 Å². The van der Waals surface area contributed by atoms with E-state index in [0.717, 1.165) is 0 Å². The lowest BCUT2D eigenvalue weighted by molar-refractivity contribution is 0.183. The predicted molar refractivity (Wildman–Crippen MR) is 35.3 cm³/mol. The van der Waals surface area contributed by atoms with Crippen molar-refractivity contribution in [2.75, 3.05) is 0 Å². The largest absolute Gasteiger partial charge is 0.248 e. The summed E-state index contributed by atoms with van der Waals surface area (Å²) in [6, 6.07) is 0. The van der Waals surface area contributed by atoms with E-state index in [4.69, 9.17) is 0 Å². The zero-order valence-electron chi connectivity index (χ0n) is 6.28. The molecule has 0 aliphatic carbocycles. The van der Waals surface area contributed by atoms with Crippen LogP contribution in [0.4, 0.5) is 13.2 Å². The van der Waals surface area contributed by atoms with Gasteiger partial charge in [-0.3, -0.25) is 0 Å². The summed E-state index contributed by atoms with van der Waals surface area (Å²) >= 11 is 0. The third-order valence-electron chi connectivity index (χ3n) is 1.16. The lowest BCUT2D eigenvalue weighted by Gasteiger charge is -2.08. The van der Waals surface area contributed by atoms with E-state index in [1.807, 2.05) is 0 Å². The van der Waals surface area contributed by atoms with Gasteiger partial charge in [0.05, 0.1) is 0 Å². The van der Waals surface area contributed by atoms with Crippen molar-refractivity contribution in [3.8, 4) is 0 Å². The standard InChI is InChI=1S/C7H13F3/c1-5(8)3-7(10)4-6(2)9/h5-7H,3-4H2,1-2H3. The van der Waals surface area contributed by atoms with Gasteiger partial charge < -0.3 is 0 Å². The van der Waals surface area contributed by atoms with Crippen molar-refractivity contribution < 1.29 is 13.2 Å². The fourth-order valence-electron chi connectivity index (χ4n) is 0.801. The first-order valence-corrected chi connectivity index (χ1v) is 3.44. The lowest BCUT2D eigenvalue weighted by Crippen LogP contribution is -2.11. The van der Waals surface area contributed by atoms with E-state index in [-0.39, 0.29) is 12.8 Å². The van der Waals surface area contributed by atoms with Gasteiger partial charge in [-0.05, 0) is 13.8 Å². The molecule has 0 spiro atoms. The maximum Gasteiger partial charge on any atom is 0.106 e. The molecule has 0 rings (SSSR count). The molecule has 0 heterocycles. The number of hydrogen-bond acceptors (Lipinski definition) is 0. The second-order valence-corrected chi connectivity index (χ2v) is 2.63. The van der Waals surface area contributed by atoms with Gasteiger partial charge in [0.15, 0.2) is 0 Å². The molecular formula is C7H13F3. The summed E-state index contributed by atoms with van der Waals surface area (Å²) in [7, 11) is 0. The maximum absolute atomic E-state index is 12.4. The molecule has 0 N–H and O–H groups in total. The summed E-state index contributed by atoms with van der Waals surface area (Å²) in [5.74, 6) is 0. The highest BCUT2D eigenvalue weighted by molar-refractivity contribution is 4.63. The van der Waals surface area contributed by atoms with E-state index in [1.54, 1.807) is 0 Å². The molecule has 0 aliphatic heterocycles.